The first-order valence-electron chi connectivity index (χ1n) is 5.12. The van der Waals surface area contributed by atoms with Crippen molar-refractivity contribution >= 4 is 11.6 Å². The average molecular weight is 188 g/mol. The molecule has 0 N–H and O–H groups in total. The van der Waals surface area contributed by atoms with Crippen LogP contribution in [0.1, 0.15) is 25.7 Å². The number of carbonyl (C=O) groups excluding carboxylic acids is 2. The smallest absolute Gasteiger partial charge is 0.161 e. The molecule has 0 atom stereocenters. The second-order valence-electron chi connectivity index (χ2n) is 4.58. The van der Waals surface area contributed by atoms with Crippen LogP contribution in [-0.2, 0) is 9.59 Å². The predicted octanol–water partition coefficient (Wildman–Crippen LogP) is 1.81. The lowest BCUT2D eigenvalue weighted by Crippen LogP contribution is -2.64. The van der Waals surface area contributed by atoms with Crippen molar-refractivity contribution < 1.29 is 9.59 Å². The maximum atomic E-state index is 12.1. The average Bonchev–Trinajstić information content (AvgIpc) is 2.88. The van der Waals surface area contributed by atoms with E-state index in [9.17, 15) is 9.59 Å². The molecule has 1 fully saturated rings. The van der Waals surface area contributed by atoms with Gasteiger partial charge in [0.15, 0.2) is 11.6 Å². The summed E-state index contributed by atoms with van der Waals surface area (Å²) in [4.78, 5) is 24.2. The van der Waals surface area contributed by atoms with Crippen molar-refractivity contribution in [2.75, 3.05) is 0 Å². The number of rotatable bonds is 0. The molecule has 2 heteroatoms. The number of hydrogen-bond acceptors (Lipinski definition) is 2. The van der Waals surface area contributed by atoms with Crippen molar-refractivity contribution in [2.45, 2.75) is 25.7 Å². The highest BCUT2D eigenvalue weighted by Gasteiger charge is 2.70. The van der Waals surface area contributed by atoms with Crippen molar-refractivity contribution in [1.29, 1.82) is 0 Å². The highest BCUT2D eigenvalue weighted by atomic mass is 16.2. The minimum Gasteiger partial charge on any atom is -0.297 e. The summed E-state index contributed by atoms with van der Waals surface area (Å²) in [6.45, 7) is 0. The summed E-state index contributed by atoms with van der Waals surface area (Å²) in [7, 11) is 0. The number of ketones is 2. The zero-order chi connectivity index (χ0) is 9.81. The molecule has 0 saturated heterocycles. The van der Waals surface area contributed by atoms with Crippen LogP contribution in [0.3, 0.4) is 0 Å². The molecule has 0 aliphatic heterocycles. The monoisotopic (exact) mass is 188 g/mol. The molecule has 2 nitrogen and oxygen atoms in total. The lowest BCUT2D eigenvalue weighted by Gasteiger charge is -2.49. The van der Waals surface area contributed by atoms with Gasteiger partial charge < -0.3 is 0 Å². The van der Waals surface area contributed by atoms with Crippen LogP contribution in [0.15, 0.2) is 24.3 Å². The first kappa shape index (κ1) is 8.16. The van der Waals surface area contributed by atoms with Gasteiger partial charge in [-0.1, -0.05) is 24.3 Å². The Balaban J connectivity index is 1.96. The molecule has 72 valence electrons. The van der Waals surface area contributed by atoms with Crippen molar-refractivity contribution in [1.82, 2.24) is 0 Å². The summed E-state index contributed by atoms with van der Waals surface area (Å²) >= 11 is 0. The van der Waals surface area contributed by atoms with Crippen LogP contribution in [0.4, 0.5) is 0 Å². The van der Waals surface area contributed by atoms with E-state index >= 15 is 0 Å². The minimum absolute atomic E-state index is 0.199. The molecule has 3 aliphatic rings. The molecule has 0 unspecified atom stereocenters. The summed E-state index contributed by atoms with van der Waals surface area (Å²) in [5.74, 6) is 0.398. The normalized spacial score (nSPS) is 30.6. The van der Waals surface area contributed by atoms with E-state index in [2.05, 4.69) is 0 Å². The van der Waals surface area contributed by atoms with Gasteiger partial charge in [-0.3, -0.25) is 9.59 Å². The fourth-order valence-corrected chi connectivity index (χ4v) is 3.11. The Labute approximate surface area is 82.7 Å². The Bertz CT molecular complexity index is 317. The van der Waals surface area contributed by atoms with Crippen molar-refractivity contribution in [2.24, 2.45) is 10.8 Å². The lowest BCUT2D eigenvalue weighted by molar-refractivity contribution is -0.169. The van der Waals surface area contributed by atoms with E-state index in [1.165, 1.54) is 0 Å². The maximum Gasteiger partial charge on any atom is 0.161 e. The largest absolute Gasteiger partial charge is 0.297 e. The second-order valence-corrected chi connectivity index (χ2v) is 4.58. The second kappa shape index (κ2) is 2.25. The van der Waals surface area contributed by atoms with E-state index in [4.69, 9.17) is 0 Å². The van der Waals surface area contributed by atoms with Gasteiger partial charge >= 0.3 is 0 Å². The quantitative estimate of drug-likeness (QED) is 0.429. The van der Waals surface area contributed by atoms with Crippen LogP contribution in [0.25, 0.3) is 0 Å². The summed E-state index contributed by atoms with van der Waals surface area (Å²) in [6, 6.07) is 0. The molecule has 3 rings (SSSR count). The summed E-state index contributed by atoms with van der Waals surface area (Å²) in [5.41, 5.74) is -1.24. The topological polar surface area (TPSA) is 34.1 Å². The number of allylic oxidation sites excluding steroid dienone is 4. The Kier molecular flexibility index (Phi) is 1.31. The molecule has 3 aliphatic carbocycles. The van der Waals surface area contributed by atoms with Crippen molar-refractivity contribution in [3.63, 3.8) is 0 Å². The molecule has 0 heterocycles. The number of hydrogen-bond donors (Lipinski definition) is 0. The molecule has 0 amide bonds. The first-order chi connectivity index (χ1) is 6.72. The fraction of sp³-hybridized carbons (Fsp3) is 0.500. The molecular weight excluding hydrogens is 176 g/mol. The molecule has 2 spiro atoms. The van der Waals surface area contributed by atoms with Gasteiger partial charge in [0, 0.05) is 0 Å². The number of Topliss-reactive ketones (excluding diaryl/α,β-unsaturated/α-hetero) is 2. The molecule has 1 saturated carbocycles. The molecule has 0 bridgehead atoms. The van der Waals surface area contributed by atoms with E-state index in [-0.39, 0.29) is 11.6 Å². The van der Waals surface area contributed by atoms with Gasteiger partial charge in [0.25, 0.3) is 0 Å². The van der Waals surface area contributed by atoms with Gasteiger partial charge in [0.1, 0.15) is 0 Å². The van der Waals surface area contributed by atoms with Crippen LogP contribution < -0.4 is 0 Å². The van der Waals surface area contributed by atoms with Crippen molar-refractivity contribution in [3.05, 3.63) is 24.3 Å². The van der Waals surface area contributed by atoms with Crippen LogP contribution in [0, 0.1) is 10.8 Å². The standard InChI is InChI=1S/C12H12O2/c13-9-11(5-1-2-6-11)10(14)12(9)7-3-4-8-12/h1-4H,5-8H2. The van der Waals surface area contributed by atoms with Crippen LogP contribution >= 0.6 is 0 Å². The summed E-state index contributed by atoms with van der Waals surface area (Å²) < 4.78 is 0. The molecular formula is C12H12O2. The molecule has 0 aromatic rings. The van der Waals surface area contributed by atoms with Crippen LogP contribution in [-0.4, -0.2) is 11.6 Å². The zero-order valence-electron chi connectivity index (χ0n) is 7.95. The van der Waals surface area contributed by atoms with Crippen molar-refractivity contribution in [3.8, 4) is 0 Å². The Morgan fingerprint density at radius 3 is 1.29 bits per heavy atom. The van der Waals surface area contributed by atoms with Crippen LogP contribution in [0.2, 0.25) is 0 Å². The minimum atomic E-state index is -0.619. The SMILES string of the molecule is O=C1C2(CC=CC2)C(=O)C12CC=CC2. The molecule has 0 aromatic heterocycles. The predicted molar refractivity (Wildman–Crippen MR) is 51.6 cm³/mol. The van der Waals surface area contributed by atoms with Gasteiger partial charge in [-0.2, -0.15) is 0 Å². The molecule has 0 radical (unpaired) electrons. The first-order valence-corrected chi connectivity index (χ1v) is 5.12. The highest BCUT2D eigenvalue weighted by molar-refractivity contribution is 6.31. The zero-order valence-corrected chi connectivity index (χ0v) is 7.95. The maximum absolute atomic E-state index is 12.1. The van der Waals surface area contributed by atoms with Gasteiger partial charge in [0.2, 0.25) is 0 Å². The molecule has 14 heavy (non-hydrogen) atoms. The van der Waals surface area contributed by atoms with E-state index in [0.717, 1.165) is 0 Å². The highest BCUT2D eigenvalue weighted by Crippen LogP contribution is 2.59. The third kappa shape index (κ3) is 0.626. The third-order valence-electron chi connectivity index (χ3n) is 3.94. The Hall–Kier alpha value is -1.18. The summed E-state index contributed by atoms with van der Waals surface area (Å²) in [5, 5.41) is 0. The van der Waals surface area contributed by atoms with E-state index in [1.54, 1.807) is 0 Å². The molecule has 0 aromatic carbocycles. The van der Waals surface area contributed by atoms with E-state index in [0.29, 0.717) is 25.7 Å². The Morgan fingerprint density at radius 1 is 0.714 bits per heavy atom. The van der Waals surface area contributed by atoms with Gasteiger partial charge in [0.05, 0.1) is 10.8 Å². The van der Waals surface area contributed by atoms with Gasteiger partial charge in [-0.25, -0.2) is 0 Å². The number of carbonyl (C=O) groups is 2. The summed E-state index contributed by atoms with van der Waals surface area (Å²) in [6.07, 6.45) is 10.4. The lowest BCUT2D eigenvalue weighted by atomic mass is 9.48. The van der Waals surface area contributed by atoms with Gasteiger partial charge in [-0.05, 0) is 25.7 Å². The van der Waals surface area contributed by atoms with E-state index < -0.39 is 10.8 Å². The van der Waals surface area contributed by atoms with E-state index in [1.807, 2.05) is 24.3 Å². The fourth-order valence-electron chi connectivity index (χ4n) is 3.11. The third-order valence-corrected chi connectivity index (χ3v) is 3.94. The van der Waals surface area contributed by atoms with Crippen LogP contribution in [0.5, 0.6) is 0 Å². The van der Waals surface area contributed by atoms with Gasteiger partial charge in [-0.15, -0.1) is 0 Å². The Morgan fingerprint density at radius 2 is 1.00 bits per heavy atom.